The summed E-state index contributed by atoms with van der Waals surface area (Å²) >= 11 is 0. The second-order valence-corrected chi connectivity index (χ2v) is 4.97. The van der Waals surface area contributed by atoms with Crippen LogP contribution in [0.2, 0.25) is 0 Å². The average molecular weight is 268 g/mol. The highest BCUT2D eigenvalue weighted by Gasteiger charge is 2.35. The number of benzene rings is 1. The Hall–Kier alpha value is -1.45. The van der Waals surface area contributed by atoms with Crippen molar-refractivity contribution in [3.8, 4) is 0 Å². The van der Waals surface area contributed by atoms with Gasteiger partial charge in [-0.1, -0.05) is 12.1 Å². The van der Waals surface area contributed by atoms with Crippen molar-refractivity contribution in [3.63, 3.8) is 0 Å². The maximum absolute atomic E-state index is 13.1. The van der Waals surface area contributed by atoms with E-state index in [0.29, 0.717) is 25.0 Å². The van der Waals surface area contributed by atoms with E-state index in [1.165, 1.54) is 0 Å². The van der Waals surface area contributed by atoms with E-state index in [1.807, 2.05) is 12.1 Å². The van der Waals surface area contributed by atoms with Gasteiger partial charge in [0.25, 0.3) is 0 Å². The molecule has 2 nitrogen and oxygen atoms in total. The zero-order chi connectivity index (χ0) is 13.9. The third-order valence-corrected chi connectivity index (χ3v) is 3.61. The van der Waals surface area contributed by atoms with Gasteiger partial charge in [-0.25, -0.2) is 13.6 Å². The molecule has 0 radical (unpaired) electrons. The smallest absolute Gasteiger partial charge is 0.338 e. The van der Waals surface area contributed by atoms with Crippen LogP contribution in [0.4, 0.5) is 8.78 Å². The van der Waals surface area contributed by atoms with Gasteiger partial charge >= 0.3 is 5.97 Å². The lowest BCUT2D eigenvalue weighted by Gasteiger charge is -2.28. The zero-order valence-corrected chi connectivity index (χ0v) is 11.0. The highest BCUT2D eigenvalue weighted by molar-refractivity contribution is 5.89. The molecule has 1 aliphatic rings. The molecular weight excluding hydrogens is 250 g/mol. The maximum Gasteiger partial charge on any atom is 0.338 e. The van der Waals surface area contributed by atoms with Crippen LogP contribution < -0.4 is 0 Å². The van der Waals surface area contributed by atoms with E-state index in [9.17, 15) is 13.6 Å². The van der Waals surface area contributed by atoms with E-state index in [0.717, 1.165) is 5.56 Å². The normalized spacial score (nSPS) is 19.1. The number of hydrogen-bond donors (Lipinski definition) is 0. The molecule has 2 rings (SSSR count). The molecule has 104 valence electrons. The minimum Gasteiger partial charge on any atom is -0.462 e. The highest BCUT2D eigenvalue weighted by Crippen LogP contribution is 2.40. The minimum atomic E-state index is -2.50. The minimum absolute atomic E-state index is 0.0444. The molecule has 0 bridgehead atoms. The SMILES string of the molecule is CCOC(=O)c1ccc(C2CCC(F)(F)CC2)cc1. The van der Waals surface area contributed by atoms with Crippen molar-refractivity contribution in [3.05, 3.63) is 35.4 Å². The Kier molecular flexibility index (Phi) is 4.17. The van der Waals surface area contributed by atoms with E-state index in [2.05, 4.69) is 0 Å². The Morgan fingerprint density at radius 2 is 1.84 bits per heavy atom. The first-order chi connectivity index (χ1) is 9.02. The Morgan fingerprint density at radius 3 is 2.37 bits per heavy atom. The van der Waals surface area contributed by atoms with Gasteiger partial charge in [0.05, 0.1) is 12.2 Å². The summed E-state index contributed by atoms with van der Waals surface area (Å²) in [6.07, 6.45) is 0.923. The Bertz CT molecular complexity index is 430. The second-order valence-electron chi connectivity index (χ2n) is 4.97. The van der Waals surface area contributed by atoms with Gasteiger partial charge in [0, 0.05) is 12.8 Å². The van der Waals surface area contributed by atoms with Crippen LogP contribution in [-0.2, 0) is 4.74 Å². The van der Waals surface area contributed by atoms with Crippen molar-refractivity contribution in [1.29, 1.82) is 0 Å². The van der Waals surface area contributed by atoms with E-state index in [1.54, 1.807) is 19.1 Å². The molecule has 1 fully saturated rings. The van der Waals surface area contributed by atoms with E-state index in [4.69, 9.17) is 4.74 Å². The first-order valence-corrected chi connectivity index (χ1v) is 6.67. The molecule has 0 unspecified atom stereocenters. The van der Waals surface area contributed by atoms with E-state index in [-0.39, 0.29) is 24.7 Å². The largest absolute Gasteiger partial charge is 0.462 e. The topological polar surface area (TPSA) is 26.3 Å². The molecule has 0 aromatic heterocycles. The van der Waals surface area contributed by atoms with Crippen LogP contribution in [0.3, 0.4) is 0 Å². The molecule has 1 saturated carbocycles. The van der Waals surface area contributed by atoms with Gasteiger partial charge in [-0.05, 0) is 43.4 Å². The van der Waals surface area contributed by atoms with Crippen LogP contribution in [-0.4, -0.2) is 18.5 Å². The summed E-state index contributed by atoms with van der Waals surface area (Å²) < 4.78 is 31.1. The number of carbonyl (C=O) groups is 1. The molecular formula is C15H18F2O2. The lowest BCUT2D eigenvalue weighted by atomic mass is 9.82. The molecule has 0 amide bonds. The summed E-state index contributed by atoms with van der Waals surface area (Å²) in [5.74, 6) is -2.67. The zero-order valence-electron chi connectivity index (χ0n) is 11.0. The fourth-order valence-corrected chi connectivity index (χ4v) is 2.48. The third kappa shape index (κ3) is 3.52. The Labute approximate surface area is 111 Å². The molecule has 1 aliphatic carbocycles. The summed E-state index contributed by atoms with van der Waals surface area (Å²) in [5, 5.41) is 0. The summed E-state index contributed by atoms with van der Waals surface area (Å²) in [7, 11) is 0. The van der Waals surface area contributed by atoms with Gasteiger partial charge in [0.15, 0.2) is 0 Å². The molecule has 4 heteroatoms. The van der Waals surface area contributed by atoms with Gasteiger partial charge in [-0.15, -0.1) is 0 Å². The van der Waals surface area contributed by atoms with Crippen molar-refractivity contribution in [2.24, 2.45) is 0 Å². The quantitative estimate of drug-likeness (QED) is 0.769. The molecule has 19 heavy (non-hydrogen) atoms. The van der Waals surface area contributed by atoms with Gasteiger partial charge < -0.3 is 4.74 Å². The van der Waals surface area contributed by atoms with Crippen LogP contribution in [0, 0.1) is 0 Å². The fourth-order valence-electron chi connectivity index (χ4n) is 2.48. The Morgan fingerprint density at radius 1 is 1.26 bits per heavy atom. The Balaban J connectivity index is 2.01. The van der Waals surface area contributed by atoms with Crippen LogP contribution in [0.15, 0.2) is 24.3 Å². The molecule has 1 aromatic carbocycles. The standard InChI is InChI=1S/C15H18F2O2/c1-2-19-14(18)13-5-3-11(4-6-13)12-7-9-15(16,17)10-8-12/h3-6,12H,2,7-10H2,1H3. The number of ether oxygens (including phenoxy) is 1. The summed E-state index contributed by atoms with van der Waals surface area (Å²) in [4.78, 5) is 11.5. The van der Waals surface area contributed by atoms with Gasteiger partial charge in [0.1, 0.15) is 0 Å². The van der Waals surface area contributed by atoms with Crippen molar-refractivity contribution < 1.29 is 18.3 Å². The monoisotopic (exact) mass is 268 g/mol. The van der Waals surface area contributed by atoms with Crippen LogP contribution >= 0.6 is 0 Å². The van der Waals surface area contributed by atoms with Crippen molar-refractivity contribution in [1.82, 2.24) is 0 Å². The van der Waals surface area contributed by atoms with Gasteiger partial charge in [-0.2, -0.15) is 0 Å². The average Bonchev–Trinajstić information content (AvgIpc) is 2.39. The third-order valence-electron chi connectivity index (χ3n) is 3.61. The van der Waals surface area contributed by atoms with Gasteiger partial charge in [-0.3, -0.25) is 0 Å². The number of halogens is 2. The van der Waals surface area contributed by atoms with E-state index >= 15 is 0 Å². The number of esters is 1. The first kappa shape index (κ1) is 14.0. The first-order valence-electron chi connectivity index (χ1n) is 6.67. The van der Waals surface area contributed by atoms with Crippen molar-refractivity contribution in [2.45, 2.75) is 44.4 Å². The summed E-state index contributed by atoms with van der Waals surface area (Å²) in [6, 6.07) is 7.11. The molecule has 0 N–H and O–H groups in total. The number of alkyl halides is 2. The number of rotatable bonds is 3. The lowest BCUT2D eigenvalue weighted by molar-refractivity contribution is -0.0382. The molecule has 0 atom stereocenters. The summed E-state index contributed by atoms with van der Waals surface area (Å²) in [6.45, 7) is 2.10. The van der Waals surface area contributed by atoms with Crippen molar-refractivity contribution in [2.75, 3.05) is 6.61 Å². The van der Waals surface area contributed by atoms with Crippen molar-refractivity contribution >= 4 is 5.97 Å². The maximum atomic E-state index is 13.1. The molecule has 0 aliphatic heterocycles. The molecule has 0 spiro atoms. The van der Waals surface area contributed by atoms with Crippen LogP contribution in [0.1, 0.15) is 54.4 Å². The predicted molar refractivity (Wildman–Crippen MR) is 68.6 cm³/mol. The van der Waals surface area contributed by atoms with E-state index < -0.39 is 5.92 Å². The molecule has 0 saturated heterocycles. The van der Waals surface area contributed by atoms with Crippen LogP contribution in [0.25, 0.3) is 0 Å². The lowest BCUT2D eigenvalue weighted by Crippen LogP contribution is -2.23. The summed E-state index contributed by atoms with van der Waals surface area (Å²) in [5.41, 5.74) is 1.54. The van der Waals surface area contributed by atoms with Crippen LogP contribution in [0.5, 0.6) is 0 Å². The van der Waals surface area contributed by atoms with Gasteiger partial charge in [0.2, 0.25) is 5.92 Å². The highest BCUT2D eigenvalue weighted by atomic mass is 19.3. The predicted octanol–water partition coefficient (Wildman–Crippen LogP) is 4.16. The molecule has 1 aromatic rings. The second kappa shape index (κ2) is 5.68. The number of carbonyl (C=O) groups excluding carboxylic acids is 1. The fraction of sp³-hybridized carbons (Fsp3) is 0.533. The number of hydrogen-bond acceptors (Lipinski definition) is 2. The molecule has 0 heterocycles.